The highest BCUT2D eigenvalue weighted by atomic mass is 31.2. The quantitative estimate of drug-likeness (QED) is 0.165. The molecule has 10 heteroatoms. The lowest BCUT2D eigenvalue weighted by atomic mass is 9.71. The van der Waals surface area contributed by atoms with Gasteiger partial charge in [0, 0.05) is 15.7 Å². The van der Waals surface area contributed by atoms with Crippen LogP contribution in [0.25, 0.3) is 0 Å². The van der Waals surface area contributed by atoms with Crippen LogP contribution in [0.4, 0.5) is 0 Å². The molecule has 1 atom stereocenters. The van der Waals surface area contributed by atoms with Crippen molar-refractivity contribution in [3.05, 3.63) is 58.7 Å². The van der Waals surface area contributed by atoms with Gasteiger partial charge in [-0.2, -0.15) is 0 Å². The molecule has 2 aromatic rings. The van der Waals surface area contributed by atoms with Crippen molar-refractivity contribution >= 4 is 22.8 Å². The number of hydrogen-bond acceptors (Lipinski definition) is 8. The lowest BCUT2D eigenvalue weighted by molar-refractivity contribution is -0.133. The predicted octanol–water partition coefficient (Wildman–Crippen LogP) is 9.51. The highest BCUT2D eigenvalue weighted by Crippen LogP contribution is 2.53. The van der Waals surface area contributed by atoms with Crippen LogP contribution in [0.1, 0.15) is 110 Å². The summed E-state index contributed by atoms with van der Waals surface area (Å²) in [6.07, 6.45) is 1.93. The van der Waals surface area contributed by atoms with Gasteiger partial charge in [-0.15, -0.1) is 9.05 Å². The Balaban J connectivity index is 1.51. The minimum absolute atomic E-state index is 0.105. The average Bonchev–Trinajstić information content (AvgIpc) is 3.24. The number of ether oxygens (including phenoxy) is 1. The summed E-state index contributed by atoms with van der Waals surface area (Å²) in [4.78, 5) is 13.7. The molecular formula is C35H49O8P2+. The lowest BCUT2D eigenvalue weighted by Crippen LogP contribution is -2.44. The molecule has 8 nitrogen and oxygen atoms in total. The number of hydrogen-bond donors (Lipinski definition) is 0. The SMILES string of the molecule is CC(C)(C)CC(C)(C)c1ccc2c(c1)C(c1cc(C(C)(C)CC(C)(C)C)ccc1OP1OCC3(CO1)CO[P+](=O)OC3)C(=O)O2. The second kappa shape index (κ2) is 12.3. The van der Waals surface area contributed by atoms with E-state index in [-0.39, 0.29) is 54.1 Å². The molecule has 1 spiro atoms. The first-order valence-corrected chi connectivity index (χ1v) is 17.9. The standard InChI is InChI=1S/C35H49O8P2/c1-31(2,3)17-33(7,8)23-11-13-27-25(15-23)29(30(36)42-27)26-16-24(34(9,10)18-32(4,5)6)12-14-28(26)43-45-40-21-35(22-41-45)19-38-44(37)39-20-35/h11-16,29H,17-22H2,1-10H3/q+1. The van der Waals surface area contributed by atoms with Crippen LogP contribution in [0.3, 0.4) is 0 Å². The van der Waals surface area contributed by atoms with Gasteiger partial charge in [0.2, 0.25) is 0 Å². The van der Waals surface area contributed by atoms with E-state index in [1.807, 2.05) is 12.1 Å². The van der Waals surface area contributed by atoms with Crippen molar-refractivity contribution in [2.45, 2.75) is 98.8 Å². The van der Waals surface area contributed by atoms with E-state index in [0.717, 1.165) is 29.5 Å². The van der Waals surface area contributed by atoms with E-state index >= 15 is 0 Å². The fourth-order valence-corrected chi connectivity index (χ4v) is 9.33. The maximum absolute atomic E-state index is 13.7. The van der Waals surface area contributed by atoms with E-state index in [0.29, 0.717) is 11.5 Å². The van der Waals surface area contributed by atoms with Crippen LogP contribution in [0.5, 0.6) is 11.5 Å². The number of rotatable bonds is 7. The molecule has 0 aliphatic carbocycles. The Hall–Kier alpha value is -1.92. The largest absolute Gasteiger partial charge is 0.697 e. The first-order valence-electron chi connectivity index (χ1n) is 15.7. The average molecular weight is 660 g/mol. The normalized spacial score (nSPS) is 25.3. The summed E-state index contributed by atoms with van der Waals surface area (Å²) in [5, 5.41) is 0. The predicted molar refractivity (Wildman–Crippen MR) is 176 cm³/mol. The summed E-state index contributed by atoms with van der Waals surface area (Å²) < 4.78 is 46.4. The summed E-state index contributed by atoms with van der Waals surface area (Å²) in [7, 11) is -3.86. The molecule has 2 saturated heterocycles. The Labute approximate surface area is 270 Å². The Bertz CT molecular complexity index is 1430. The lowest BCUT2D eigenvalue weighted by Gasteiger charge is -2.36. The van der Waals surface area contributed by atoms with Crippen molar-refractivity contribution in [1.82, 2.24) is 0 Å². The van der Waals surface area contributed by atoms with Crippen molar-refractivity contribution in [3.63, 3.8) is 0 Å². The number of esters is 1. The molecule has 0 amide bonds. The van der Waals surface area contributed by atoms with E-state index in [1.54, 1.807) is 0 Å². The van der Waals surface area contributed by atoms with Gasteiger partial charge < -0.3 is 18.3 Å². The number of carbonyl (C=O) groups is 1. The Morgan fingerprint density at radius 3 is 1.82 bits per heavy atom. The maximum Gasteiger partial charge on any atom is 0.697 e. The fraction of sp³-hybridized carbons (Fsp3) is 0.629. The summed E-state index contributed by atoms with van der Waals surface area (Å²) in [6, 6.07) is 12.3. The zero-order valence-electron chi connectivity index (χ0n) is 28.4. The van der Waals surface area contributed by atoms with Gasteiger partial charge in [0.1, 0.15) is 30.6 Å². The molecule has 3 aliphatic rings. The zero-order chi connectivity index (χ0) is 33.0. The summed E-state index contributed by atoms with van der Waals surface area (Å²) >= 11 is 0. The minimum atomic E-state index is -2.10. The summed E-state index contributed by atoms with van der Waals surface area (Å²) in [5.74, 6) is 0.127. The van der Waals surface area contributed by atoms with E-state index in [2.05, 4.69) is 93.5 Å². The number of benzene rings is 2. The van der Waals surface area contributed by atoms with E-state index in [4.69, 9.17) is 27.4 Å². The van der Waals surface area contributed by atoms with Crippen molar-refractivity contribution < 1.29 is 36.7 Å². The van der Waals surface area contributed by atoms with Crippen molar-refractivity contribution in [3.8, 4) is 11.5 Å². The van der Waals surface area contributed by atoms with Crippen molar-refractivity contribution in [2.24, 2.45) is 16.2 Å². The third kappa shape index (κ3) is 7.97. The third-order valence-corrected chi connectivity index (χ3v) is 10.4. The topological polar surface area (TPSA) is 89.5 Å². The van der Waals surface area contributed by atoms with E-state index in [1.165, 1.54) is 5.56 Å². The molecule has 3 aliphatic heterocycles. The van der Waals surface area contributed by atoms with Crippen LogP contribution in [0.15, 0.2) is 36.4 Å². The van der Waals surface area contributed by atoms with Gasteiger partial charge in [-0.25, -0.2) is 0 Å². The van der Waals surface area contributed by atoms with Gasteiger partial charge in [-0.3, -0.25) is 4.79 Å². The second-order valence-electron chi connectivity index (χ2n) is 16.7. The van der Waals surface area contributed by atoms with Crippen LogP contribution in [-0.2, 0) is 38.3 Å². The molecule has 2 fully saturated rings. The maximum atomic E-state index is 13.7. The third-order valence-electron chi connectivity index (χ3n) is 8.67. The monoisotopic (exact) mass is 659 g/mol. The molecule has 246 valence electrons. The van der Waals surface area contributed by atoms with E-state index in [9.17, 15) is 9.36 Å². The van der Waals surface area contributed by atoms with Gasteiger partial charge in [0.15, 0.2) is 0 Å². The first kappa shape index (κ1) is 34.4. The Kier molecular flexibility index (Phi) is 9.38. The zero-order valence-corrected chi connectivity index (χ0v) is 30.2. The minimum Gasteiger partial charge on any atom is -0.426 e. The van der Waals surface area contributed by atoms with Gasteiger partial charge in [0.05, 0.1) is 18.6 Å². The molecule has 0 aromatic heterocycles. The smallest absolute Gasteiger partial charge is 0.426 e. The van der Waals surface area contributed by atoms with Gasteiger partial charge in [0.25, 0.3) is 0 Å². The summed E-state index contributed by atoms with van der Waals surface area (Å²) in [5.41, 5.74) is 3.31. The molecule has 0 N–H and O–H groups in total. The van der Waals surface area contributed by atoms with Gasteiger partial charge >= 0.3 is 22.8 Å². The Morgan fingerprint density at radius 1 is 0.778 bits per heavy atom. The molecule has 45 heavy (non-hydrogen) atoms. The van der Waals surface area contributed by atoms with Crippen molar-refractivity contribution in [2.75, 3.05) is 26.4 Å². The molecule has 0 bridgehead atoms. The Morgan fingerprint density at radius 2 is 1.29 bits per heavy atom. The molecule has 0 saturated carbocycles. The van der Waals surface area contributed by atoms with E-state index < -0.39 is 28.2 Å². The fourth-order valence-electron chi connectivity index (χ4n) is 7.23. The van der Waals surface area contributed by atoms with Crippen LogP contribution in [0, 0.1) is 16.2 Å². The van der Waals surface area contributed by atoms with Crippen LogP contribution in [-0.4, -0.2) is 32.4 Å². The molecular weight excluding hydrogens is 610 g/mol. The molecule has 1 unspecified atom stereocenters. The van der Waals surface area contributed by atoms with Crippen LogP contribution >= 0.6 is 16.9 Å². The number of fused-ring (bicyclic) bond motifs is 1. The van der Waals surface area contributed by atoms with Gasteiger partial charge in [-0.05, 0) is 57.8 Å². The highest BCUT2D eigenvalue weighted by molar-refractivity contribution is 7.42. The van der Waals surface area contributed by atoms with Crippen LogP contribution < -0.4 is 9.26 Å². The molecule has 3 heterocycles. The van der Waals surface area contributed by atoms with Crippen molar-refractivity contribution in [1.29, 1.82) is 0 Å². The van der Waals surface area contributed by atoms with Gasteiger partial charge in [-0.1, -0.05) is 93.5 Å². The highest BCUT2D eigenvalue weighted by Gasteiger charge is 2.49. The first-order chi connectivity index (χ1) is 20.8. The molecule has 5 rings (SSSR count). The molecule has 0 radical (unpaired) electrons. The number of carbonyl (C=O) groups excluding carboxylic acids is 1. The second-order valence-corrected chi connectivity index (χ2v) is 18.8. The molecule has 2 aromatic carbocycles. The summed E-state index contributed by atoms with van der Waals surface area (Å²) in [6.45, 7) is 23.5. The van der Waals surface area contributed by atoms with Crippen LogP contribution in [0.2, 0.25) is 0 Å².